The highest BCUT2D eigenvalue weighted by atomic mass is 19.1. The molecular formula is C21H26FN3O2. The molecule has 6 heteroatoms. The fraction of sp³-hybridized carbons (Fsp3) is 0.524. The Labute approximate surface area is 159 Å². The van der Waals surface area contributed by atoms with Crippen molar-refractivity contribution in [3.05, 3.63) is 46.7 Å². The highest BCUT2D eigenvalue weighted by Gasteiger charge is 2.29. The summed E-state index contributed by atoms with van der Waals surface area (Å²) in [7, 11) is 0. The first-order valence-electron chi connectivity index (χ1n) is 9.66. The smallest absolute Gasteiger partial charge is 0.257 e. The van der Waals surface area contributed by atoms with E-state index < -0.39 is 0 Å². The Morgan fingerprint density at radius 3 is 2.63 bits per heavy atom. The standard InChI is InChI=1S/C21H26FN3O2/c1-13-9-17(10-14(2)23-13)16-5-4-6-25(12-16)15(3)20-18(22)11-19-21(24-20)27-8-7-26-19/h9-11,15-16H,4-8,12H2,1-3H3/t15-,16+/m0/s1. The lowest BCUT2D eigenvalue weighted by molar-refractivity contribution is 0.144. The minimum absolute atomic E-state index is 0.118. The molecule has 27 heavy (non-hydrogen) atoms. The second-order valence-corrected chi connectivity index (χ2v) is 7.55. The Kier molecular flexibility index (Phi) is 5.00. The van der Waals surface area contributed by atoms with Crippen molar-refractivity contribution in [2.24, 2.45) is 0 Å². The van der Waals surface area contributed by atoms with E-state index >= 15 is 0 Å². The molecule has 2 aliphatic rings. The Morgan fingerprint density at radius 1 is 1.11 bits per heavy atom. The number of nitrogens with zero attached hydrogens (tertiary/aromatic N) is 3. The third-order valence-corrected chi connectivity index (χ3v) is 5.49. The van der Waals surface area contributed by atoms with E-state index in [-0.39, 0.29) is 11.9 Å². The highest BCUT2D eigenvalue weighted by Crippen LogP contribution is 2.36. The van der Waals surface area contributed by atoms with Gasteiger partial charge in [-0.3, -0.25) is 9.88 Å². The molecule has 0 amide bonds. The molecule has 5 nitrogen and oxygen atoms in total. The van der Waals surface area contributed by atoms with Gasteiger partial charge in [-0.15, -0.1) is 0 Å². The predicted molar refractivity (Wildman–Crippen MR) is 101 cm³/mol. The summed E-state index contributed by atoms with van der Waals surface area (Å²) in [6.07, 6.45) is 2.23. The number of ether oxygens (including phenoxy) is 2. The fourth-order valence-corrected chi connectivity index (χ4v) is 4.16. The van der Waals surface area contributed by atoms with Crippen LogP contribution in [0.2, 0.25) is 0 Å². The minimum atomic E-state index is -0.329. The van der Waals surface area contributed by atoms with Crippen molar-refractivity contribution in [1.82, 2.24) is 14.9 Å². The van der Waals surface area contributed by atoms with Gasteiger partial charge in [-0.2, -0.15) is 0 Å². The molecule has 1 fully saturated rings. The number of hydrogen-bond donors (Lipinski definition) is 0. The molecule has 1 saturated heterocycles. The number of aryl methyl sites for hydroxylation is 2. The normalized spacial score (nSPS) is 21.1. The molecule has 2 aromatic rings. The molecule has 0 radical (unpaired) electrons. The lowest BCUT2D eigenvalue weighted by Gasteiger charge is -2.37. The quantitative estimate of drug-likeness (QED) is 0.818. The number of pyridine rings is 2. The van der Waals surface area contributed by atoms with Crippen LogP contribution in [0.25, 0.3) is 0 Å². The van der Waals surface area contributed by atoms with E-state index in [1.807, 2.05) is 20.8 Å². The second-order valence-electron chi connectivity index (χ2n) is 7.55. The molecule has 0 unspecified atom stereocenters. The van der Waals surface area contributed by atoms with Crippen LogP contribution in [0.5, 0.6) is 11.6 Å². The Hall–Kier alpha value is -2.21. The summed E-state index contributed by atoms with van der Waals surface area (Å²) >= 11 is 0. The van der Waals surface area contributed by atoms with E-state index in [0.29, 0.717) is 36.5 Å². The average Bonchev–Trinajstić information content (AvgIpc) is 2.66. The summed E-state index contributed by atoms with van der Waals surface area (Å²) in [5.41, 5.74) is 3.86. The largest absolute Gasteiger partial charge is 0.484 e. The van der Waals surface area contributed by atoms with Crippen LogP contribution in [0.3, 0.4) is 0 Å². The molecule has 4 rings (SSSR count). The van der Waals surface area contributed by atoms with Gasteiger partial charge in [0.25, 0.3) is 5.88 Å². The molecule has 2 atom stereocenters. The van der Waals surface area contributed by atoms with Crippen LogP contribution in [0.15, 0.2) is 18.2 Å². The zero-order chi connectivity index (χ0) is 19.0. The first-order valence-corrected chi connectivity index (χ1v) is 9.66. The number of halogens is 1. The molecule has 2 aromatic heterocycles. The second kappa shape index (κ2) is 7.43. The van der Waals surface area contributed by atoms with Gasteiger partial charge in [-0.25, -0.2) is 9.37 Å². The zero-order valence-corrected chi connectivity index (χ0v) is 16.2. The van der Waals surface area contributed by atoms with Crippen LogP contribution >= 0.6 is 0 Å². The van der Waals surface area contributed by atoms with Gasteiger partial charge >= 0.3 is 0 Å². The zero-order valence-electron chi connectivity index (χ0n) is 16.2. The molecule has 2 aliphatic heterocycles. The van der Waals surface area contributed by atoms with Crippen molar-refractivity contribution in [2.45, 2.75) is 45.6 Å². The Bertz CT molecular complexity index is 822. The maximum Gasteiger partial charge on any atom is 0.257 e. The van der Waals surface area contributed by atoms with Crippen molar-refractivity contribution >= 4 is 0 Å². The highest BCUT2D eigenvalue weighted by molar-refractivity contribution is 5.37. The van der Waals surface area contributed by atoms with E-state index in [0.717, 1.165) is 37.3 Å². The summed E-state index contributed by atoms with van der Waals surface area (Å²) in [4.78, 5) is 11.2. The molecule has 144 valence electrons. The van der Waals surface area contributed by atoms with Crippen molar-refractivity contribution in [2.75, 3.05) is 26.3 Å². The minimum Gasteiger partial charge on any atom is -0.484 e. The number of piperidine rings is 1. The molecule has 4 heterocycles. The van der Waals surface area contributed by atoms with Crippen LogP contribution in [-0.4, -0.2) is 41.2 Å². The summed E-state index contributed by atoms with van der Waals surface area (Å²) < 4.78 is 25.7. The van der Waals surface area contributed by atoms with Crippen LogP contribution in [0.4, 0.5) is 4.39 Å². The molecule has 0 spiro atoms. The van der Waals surface area contributed by atoms with Gasteiger partial charge in [0.05, 0.1) is 11.7 Å². The van der Waals surface area contributed by atoms with Crippen molar-refractivity contribution in [3.8, 4) is 11.6 Å². The number of likely N-dealkylation sites (tertiary alicyclic amines) is 1. The Balaban J connectivity index is 1.56. The van der Waals surface area contributed by atoms with E-state index in [1.165, 1.54) is 11.6 Å². The van der Waals surface area contributed by atoms with Gasteiger partial charge in [0.2, 0.25) is 0 Å². The summed E-state index contributed by atoms with van der Waals surface area (Å²) in [5, 5.41) is 0. The SMILES string of the molecule is Cc1cc([C@@H]2CCCN([C@@H](C)c3nc4c(cc3F)OCCO4)C2)cc(C)n1. The number of aromatic nitrogens is 2. The molecule has 0 aromatic carbocycles. The van der Waals surface area contributed by atoms with Gasteiger partial charge in [0, 0.05) is 24.0 Å². The van der Waals surface area contributed by atoms with Gasteiger partial charge in [-0.05, 0) is 63.8 Å². The topological polar surface area (TPSA) is 47.5 Å². The maximum atomic E-state index is 14.7. The van der Waals surface area contributed by atoms with Crippen LogP contribution in [-0.2, 0) is 0 Å². The lowest BCUT2D eigenvalue weighted by atomic mass is 9.89. The molecule has 0 aliphatic carbocycles. The van der Waals surface area contributed by atoms with E-state index in [2.05, 4.69) is 27.0 Å². The van der Waals surface area contributed by atoms with Gasteiger partial charge in [0.1, 0.15) is 19.0 Å². The van der Waals surface area contributed by atoms with E-state index in [9.17, 15) is 4.39 Å². The number of hydrogen-bond acceptors (Lipinski definition) is 5. The fourth-order valence-electron chi connectivity index (χ4n) is 4.16. The molecule has 0 saturated carbocycles. The monoisotopic (exact) mass is 371 g/mol. The van der Waals surface area contributed by atoms with E-state index in [1.54, 1.807) is 0 Å². The van der Waals surface area contributed by atoms with Crippen LogP contribution in [0, 0.1) is 19.7 Å². The summed E-state index contributed by atoms with van der Waals surface area (Å²) in [6.45, 7) is 8.80. The first-order chi connectivity index (χ1) is 13.0. The van der Waals surface area contributed by atoms with Crippen LogP contribution in [0.1, 0.15) is 54.4 Å². The molecule has 0 bridgehead atoms. The Morgan fingerprint density at radius 2 is 1.85 bits per heavy atom. The van der Waals surface area contributed by atoms with Crippen molar-refractivity contribution in [1.29, 1.82) is 0 Å². The van der Waals surface area contributed by atoms with Gasteiger partial charge in [0.15, 0.2) is 5.75 Å². The summed E-state index contributed by atoms with van der Waals surface area (Å²) in [5.74, 6) is 0.902. The molecule has 0 N–H and O–H groups in total. The van der Waals surface area contributed by atoms with Crippen LogP contribution < -0.4 is 9.47 Å². The maximum absolute atomic E-state index is 14.7. The number of rotatable bonds is 3. The molecular weight excluding hydrogens is 345 g/mol. The van der Waals surface area contributed by atoms with Gasteiger partial charge in [-0.1, -0.05) is 0 Å². The van der Waals surface area contributed by atoms with Crippen molar-refractivity contribution in [3.63, 3.8) is 0 Å². The summed E-state index contributed by atoms with van der Waals surface area (Å²) in [6, 6.07) is 5.64. The van der Waals surface area contributed by atoms with Crippen molar-refractivity contribution < 1.29 is 13.9 Å². The lowest BCUT2D eigenvalue weighted by Crippen LogP contribution is -2.37. The third-order valence-electron chi connectivity index (χ3n) is 5.49. The average molecular weight is 371 g/mol. The van der Waals surface area contributed by atoms with E-state index in [4.69, 9.17) is 9.47 Å². The third kappa shape index (κ3) is 3.76. The van der Waals surface area contributed by atoms with Gasteiger partial charge < -0.3 is 9.47 Å². The predicted octanol–water partition coefficient (Wildman–Crippen LogP) is 3.94. The first kappa shape index (κ1) is 18.2. The number of fused-ring (bicyclic) bond motifs is 1.